The van der Waals surface area contributed by atoms with E-state index in [1.807, 2.05) is 0 Å². The summed E-state index contributed by atoms with van der Waals surface area (Å²) >= 11 is 0. The first-order chi connectivity index (χ1) is 14.3. The Morgan fingerprint density at radius 2 is 1.97 bits per heavy atom. The quantitative estimate of drug-likeness (QED) is 0.724. The lowest BCUT2D eigenvalue weighted by Crippen LogP contribution is -2.33. The molecule has 3 aromatic heterocycles. The van der Waals surface area contributed by atoms with E-state index in [2.05, 4.69) is 53.4 Å². The summed E-state index contributed by atoms with van der Waals surface area (Å²) in [6.07, 6.45) is 9.27. The van der Waals surface area contributed by atoms with Crippen molar-refractivity contribution in [2.24, 2.45) is 18.2 Å². The molecule has 0 radical (unpaired) electrons. The largest absolute Gasteiger partial charge is 0.366 e. The molecule has 0 spiro atoms. The fourth-order valence-corrected chi connectivity index (χ4v) is 6.51. The van der Waals surface area contributed by atoms with E-state index in [4.69, 9.17) is 15.8 Å². The minimum atomic E-state index is 0.110. The zero-order chi connectivity index (χ0) is 20.7. The van der Waals surface area contributed by atoms with Gasteiger partial charge in [0.15, 0.2) is 0 Å². The summed E-state index contributed by atoms with van der Waals surface area (Å²) in [4.78, 5) is 7.27. The molecule has 2 aliphatic carbocycles. The lowest BCUT2D eigenvalue weighted by Gasteiger charge is -2.32. The Morgan fingerprint density at radius 3 is 2.70 bits per heavy atom. The molecule has 3 aliphatic rings. The Bertz CT molecular complexity index is 1140. The van der Waals surface area contributed by atoms with Gasteiger partial charge in [-0.15, -0.1) is 0 Å². The Balaban J connectivity index is 1.32. The first-order valence-corrected chi connectivity index (χ1v) is 11.4. The van der Waals surface area contributed by atoms with Crippen LogP contribution in [0, 0.1) is 19.3 Å². The number of anilines is 1. The minimum absolute atomic E-state index is 0.110. The molecule has 2 saturated carbocycles. The smallest absolute Gasteiger partial charge is 0.141 e. The van der Waals surface area contributed by atoms with Crippen molar-refractivity contribution >= 4 is 16.7 Å². The highest BCUT2D eigenvalue weighted by Gasteiger charge is 2.52. The third kappa shape index (κ3) is 2.66. The molecule has 2 bridgehead atoms. The van der Waals surface area contributed by atoms with Gasteiger partial charge < -0.3 is 15.2 Å². The monoisotopic (exact) mass is 404 g/mol. The molecule has 0 amide bonds. The van der Waals surface area contributed by atoms with E-state index in [0.717, 1.165) is 37.4 Å². The molecular weight excluding hydrogens is 372 g/mol. The first-order valence-electron chi connectivity index (χ1n) is 11.4. The number of fused-ring (bicyclic) bond motifs is 4. The molecule has 2 N–H and O–H groups in total. The predicted octanol–water partition coefficient (Wildman–Crippen LogP) is 3.61. The highest BCUT2D eigenvalue weighted by Crippen LogP contribution is 2.56. The Morgan fingerprint density at radius 1 is 1.17 bits per heavy atom. The minimum Gasteiger partial charge on any atom is -0.366 e. The van der Waals surface area contributed by atoms with Crippen LogP contribution in [0.5, 0.6) is 0 Å². The zero-order valence-electron chi connectivity index (χ0n) is 18.4. The van der Waals surface area contributed by atoms with Gasteiger partial charge in [0.1, 0.15) is 5.65 Å². The summed E-state index contributed by atoms with van der Waals surface area (Å²) in [7, 11) is 2.07. The maximum absolute atomic E-state index is 6.58. The van der Waals surface area contributed by atoms with Crippen LogP contribution in [0.1, 0.15) is 54.7 Å². The molecule has 2 fully saturated rings. The van der Waals surface area contributed by atoms with Gasteiger partial charge >= 0.3 is 0 Å². The maximum Gasteiger partial charge on any atom is 0.141 e. The van der Waals surface area contributed by atoms with Crippen molar-refractivity contribution in [2.75, 3.05) is 11.4 Å². The van der Waals surface area contributed by atoms with E-state index >= 15 is 0 Å². The number of nitrogens with zero attached hydrogens (tertiary/aromatic N) is 5. The van der Waals surface area contributed by atoms with E-state index in [-0.39, 0.29) is 5.54 Å². The van der Waals surface area contributed by atoms with Crippen LogP contribution in [0.3, 0.4) is 0 Å². The normalized spacial score (nSPS) is 27.9. The second-order valence-electron chi connectivity index (χ2n) is 10.3. The summed E-state index contributed by atoms with van der Waals surface area (Å²) in [6.45, 7) is 7.29. The average molecular weight is 405 g/mol. The van der Waals surface area contributed by atoms with Crippen molar-refractivity contribution in [3.8, 4) is 0 Å². The molecule has 6 rings (SSSR count). The lowest BCUT2D eigenvalue weighted by atomic mass is 9.84. The van der Waals surface area contributed by atoms with Crippen LogP contribution in [-0.2, 0) is 26.6 Å². The van der Waals surface area contributed by atoms with Crippen LogP contribution < -0.4 is 10.6 Å². The van der Waals surface area contributed by atoms with Crippen LogP contribution in [0.25, 0.3) is 11.0 Å². The highest BCUT2D eigenvalue weighted by atomic mass is 15.3. The maximum atomic E-state index is 6.58. The van der Waals surface area contributed by atoms with E-state index in [0.29, 0.717) is 5.41 Å². The van der Waals surface area contributed by atoms with Crippen LogP contribution in [-0.4, -0.2) is 31.4 Å². The van der Waals surface area contributed by atoms with Crippen LogP contribution in [0.15, 0.2) is 18.3 Å². The number of aromatic nitrogens is 4. The predicted molar refractivity (Wildman–Crippen MR) is 120 cm³/mol. The van der Waals surface area contributed by atoms with Gasteiger partial charge in [-0.25, -0.2) is 4.98 Å². The molecule has 0 aromatic carbocycles. The van der Waals surface area contributed by atoms with Crippen molar-refractivity contribution < 1.29 is 0 Å². The van der Waals surface area contributed by atoms with Gasteiger partial charge in [-0.2, -0.15) is 5.10 Å². The number of hydrogen-bond donors (Lipinski definition) is 1. The summed E-state index contributed by atoms with van der Waals surface area (Å²) < 4.78 is 4.47. The van der Waals surface area contributed by atoms with Crippen LogP contribution in [0.4, 0.5) is 5.69 Å². The molecule has 1 aliphatic heterocycles. The van der Waals surface area contributed by atoms with Crippen molar-refractivity contribution in [3.05, 3.63) is 41.0 Å². The fraction of sp³-hybridized carbons (Fsp3) is 0.583. The van der Waals surface area contributed by atoms with Gasteiger partial charge in [0.05, 0.1) is 5.69 Å². The molecule has 0 saturated heterocycles. The number of pyridine rings is 1. The number of aryl methyl sites for hydroxylation is 3. The second-order valence-corrected chi connectivity index (χ2v) is 10.3. The van der Waals surface area contributed by atoms with Crippen LogP contribution >= 0.6 is 0 Å². The summed E-state index contributed by atoms with van der Waals surface area (Å²) in [5.41, 5.74) is 14.6. The molecule has 30 heavy (non-hydrogen) atoms. The molecule has 0 atom stereocenters. The van der Waals surface area contributed by atoms with E-state index in [9.17, 15) is 0 Å². The molecule has 6 nitrogen and oxygen atoms in total. The third-order valence-electron chi connectivity index (χ3n) is 8.14. The number of hydrogen-bond acceptors (Lipinski definition) is 4. The van der Waals surface area contributed by atoms with Gasteiger partial charge in [0.2, 0.25) is 0 Å². The van der Waals surface area contributed by atoms with Crippen LogP contribution in [0.2, 0.25) is 0 Å². The van der Waals surface area contributed by atoms with E-state index in [1.54, 1.807) is 0 Å². The number of rotatable bonds is 3. The summed E-state index contributed by atoms with van der Waals surface area (Å²) in [6, 6.07) is 4.44. The Hall–Kier alpha value is -2.34. The molecule has 0 unspecified atom stereocenters. The highest BCUT2D eigenvalue weighted by molar-refractivity contribution is 5.90. The van der Waals surface area contributed by atoms with Gasteiger partial charge in [0, 0.05) is 72.9 Å². The Labute approximate surface area is 178 Å². The SMILES string of the molecule is Cc1cc(N2CCc3c(c(C)nn3CC34CCC(N)(CC3)C4)C2)c2ccn(C)c2n1. The van der Waals surface area contributed by atoms with Gasteiger partial charge in [-0.05, 0) is 63.5 Å². The van der Waals surface area contributed by atoms with Gasteiger partial charge in [-0.1, -0.05) is 0 Å². The molecule has 3 aromatic rings. The van der Waals surface area contributed by atoms with Gasteiger partial charge in [-0.3, -0.25) is 4.68 Å². The van der Waals surface area contributed by atoms with Crippen molar-refractivity contribution in [1.82, 2.24) is 19.3 Å². The third-order valence-corrected chi connectivity index (χ3v) is 8.14. The zero-order valence-corrected chi connectivity index (χ0v) is 18.4. The van der Waals surface area contributed by atoms with Gasteiger partial charge in [0.25, 0.3) is 0 Å². The second kappa shape index (κ2) is 6.10. The molecule has 158 valence electrons. The van der Waals surface area contributed by atoms with E-state index in [1.165, 1.54) is 60.1 Å². The number of nitrogens with two attached hydrogens (primary N) is 1. The molecular formula is C24H32N6. The average Bonchev–Trinajstić information content (AvgIpc) is 3.43. The lowest BCUT2D eigenvalue weighted by molar-refractivity contribution is 0.233. The van der Waals surface area contributed by atoms with E-state index < -0.39 is 0 Å². The first kappa shape index (κ1) is 18.4. The standard InChI is InChI=1S/C24H32N6/c1-16-12-21(18-4-10-28(3)22(18)26-16)29-11-5-20-19(13-29)17(2)27-30(20)15-23-6-8-24(25,14-23)9-7-23/h4,10,12H,5-9,11,13-15,25H2,1-3H3. The molecule has 4 heterocycles. The molecule has 6 heteroatoms. The van der Waals surface area contributed by atoms with Crippen molar-refractivity contribution in [2.45, 2.75) is 71.0 Å². The van der Waals surface area contributed by atoms with Crippen molar-refractivity contribution in [1.29, 1.82) is 0 Å². The van der Waals surface area contributed by atoms with Crippen molar-refractivity contribution in [3.63, 3.8) is 0 Å². The summed E-state index contributed by atoms with van der Waals surface area (Å²) in [5.74, 6) is 0. The fourth-order valence-electron chi connectivity index (χ4n) is 6.51. The summed E-state index contributed by atoms with van der Waals surface area (Å²) in [5, 5.41) is 6.28. The topological polar surface area (TPSA) is 64.9 Å². The Kier molecular flexibility index (Phi) is 3.75.